The lowest BCUT2D eigenvalue weighted by molar-refractivity contribution is -0.118. The van der Waals surface area contributed by atoms with Gasteiger partial charge < -0.3 is 10.6 Å². The summed E-state index contributed by atoms with van der Waals surface area (Å²) in [6, 6.07) is 0. The maximum absolute atomic E-state index is 11.9. The molecular formula is C12H24N2O3S. The zero-order chi connectivity index (χ0) is 13.6. The summed E-state index contributed by atoms with van der Waals surface area (Å²) in [6.45, 7) is 6.18. The quantitative estimate of drug-likeness (QED) is 0.725. The van der Waals surface area contributed by atoms with Crippen LogP contribution >= 0.6 is 0 Å². The molecule has 2 N–H and O–H groups in total. The molecule has 0 aliphatic carbocycles. The zero-order valence-corrected chi connectivity index (χ0v) is 12.1. The molecule has 0 spiro atoms. The summed E-state index contributed by atoms with van der Waals surface area (Å²) >= 11 is 0. The van der Waals surface area contributed by atoms with Crippen molar-refractivity contribution in [1.29, 1.82) is 0 Å². The van der Waals surface area contributed by atoms with E-state index in [9.17, 15) is 13.2 Å². The van der Waals surface area contributed by atoms with Crippen LogP contribution in [-0.4, -0.2) is 45.5 Å². The van der Waals surface area contributed by atoms with E-state index in [0.29, 0.717) is 12.5 Å². The van der Waals surface area contributed by atoms with Crippen LogP contribution in [0.4, 0.5) is 0 Å². The van der Waals surface area contributed by atoms with Gasteiger partial charge in [-0.1, -0.05) is 13.8 Å². The van der Waals surface area contributed by atoms with E-state index in [2.05, 4.69) is 10.6 Å². The molecular weight excluding hydrogens is 252 g/mol. The maximum atomic E-state index is 11.9. The van der Waals surface area contributed by atoms with Gasteiger partial charge in [0.1, 0.15) is 5.75 Å². The molecule has 0 aromatic carbocycles. The Kier molecular flexibility index (Phi) is 6.08. The second-order valence-corrected chi connectivity index (χ2v) is 7.57. The Morgan fingerprint density at radius 2 is 2.17 bits per heavy atom. The Labute approximate surface area is 110 Å². The SMILES string of the molecule is CC(C)CNC(=O)CS(=O)(=O)CC1CCCNC1. The Bertz CT molecular complexity index is 360. The lowest BCUT2D eigenvalue weighted by atomic mass is 10.0. The van der Waals surface area contributed by atoms with Gasteiger partial charge in [-0.05, 0) is 37.8 Å². The van der Waals surface area contributed by atoms with E-state index < -0.39 is 9.84 Å². The summed E-state index contributed by atoms with van der Waals surface area (Å²) in [4.78, 5) is 11.5. The van der Waals surface area contributed by atoms with E-state index >= 15 is 0 Å². The smallest absolute Gasteiger partial charge is 0.235 e. The van der Waals surface area contributed by atoms with Gasteiger partial charge in [-0.2, -0.15) is 0 Å². The van der Waals surface area contributed by atoms with Gasteiger partial charge in [-0.15, -0.1) is 0 Å². The number of hydrogen-bond donors (Lipinski definition) is 2. The van der Waals surface area contributed by atoms with Gasteiger partial charge in [0.15, 0.2) is 9.84 Å². The molecule has 0 aromatic heterocycles. The van der Waals surface area contributed by atoms with E-state index in [1.165, 1.54) is 0 Å². The Morgan fingerprint density at radius 3 is 2.72 bits per heavy atom. The van der Waals surface area contributed by atoms with E-state index in [1.807, 2.05) is 13.8 Å². The van der Waals surface area contributed by atoms with Gasteiger partial charge in [-0.3, -0.25) is 4.79 Å². The molecule has 0 saturated carbocycles. The van der Waals surface area contributed by atoms with E-state index in [4.69, 9.17) is 0 Å². The summed E-state index contributed by atoms with van der Waals surface area (Å²) in [7, 11) is -3.28. The summed E-state index contributed by atoms with van der Waals surface area (Å²) in [5.41, 5.74) is 0. The molecule has 1 atom stereocenters. The molecule has 0 radical (unpaired) electrons. The summed E-state index contributed by atoms with van der Waals surface area (Å²) in [5.74, 6) is -0.154. The highest BCUT2D eigenvalue weighted by atomic mass is 32.2. The van der Waals surface area contributed by atoms with Crippen LogP contribution in [0.5, 0.6) is 0 Å². The fourth-order valence-electron chi connectivity index (χ4n) is 2.05. The molecule has 6 heteroatoms. The zero-order valence-electron chi connectivity index (χ0n) is 11.2. The topological polar surface area (TPSA) is 75.3 Å². The van der Waals surface area contributed by atoms with Crippen LogP contribution in [0, 0.1) is 11.8 Å². The highest BCUT2D eigenvalue weighted by molar-refractivity contribution is 7.92. The van der Waals surface area contributed by atoms with Crippen molar-refractivity contribution in [2.75, 3.05) is 31.1 Å². The number of carbonyl (C=O) groups is 1. The monoisotopic (exact) mass is 276 g/mol. The minimum atomic E-state index is -3.28. The maximum Gasteiger partial charge on any atom is 0.235 e. The molecule has 1 aliphatic heterocycles. The normalized spacial score (nSPS) is 20.9. The molecule has 1 rings (SSSR count). The van der Waals surface area contributed by atoms with Crippen LogP contribution < -0.4 is 10.6 Å². The lowest BCUT2D eigenvalue weighted by Gasteiger charge is -2.22. The number of carbonyl (C=O) groups excluding carboxylic acids is 1. The van der Waals surface area contributed by atoms with E-state index in [-0.39, 0.29) is 23.3 Å². The van der Waals surface area contributed by atoms with Crippen molar-refractivity contribution < 1.29 is 13.2 Å². The minimum absolute atomic E-state index is 0.120. The number of nitrogens with one attached hydrogen (secondary N) is 2. The van der Waals surface area contributed by atoms with Crippen molar-refractivity contribution in [3.8, 4) is 0 Å². The van der Waals surface area contributed by atoms with Gasteiger partial charge in [0.2, 0.25) is 5.91 Å². The third kappa shape index (κ3) is 6.35. The van der Waals surface area contributed by atoms with Crippen LogP contribution in [0.3, 0.4) is 0 Å². The first kappa shape index (κ1) is 15.4. The van der Waals surface area contributed by atoms with Crippen LogP contribution in [0.1, 0.15) is 26.7 Å². The summed E-state index contributed by atoms with van der Waals surface area (Å²) in [6.07, 6.45) is 1.94. The first-order valence-corrected chi connectivity index (χ1v) is 8.39. The molecule has 1 heterocycles. The number of amides is 1. The molecule has 106 valence electrons. The number of piperidine rings is 1. The van der Waals surface area contributed by atoms with E-state index in [1.54, 1.807) is 0 Å². The molecule has 1 amide bonds. The molecule has 5 nitrogen and oxygen atoms in total. The largest absolute Gasteiger partial charge is 0.355 e. The molecule has 1 aliphatic rings. The highest BCUT2D eigenvalue weighted by Gasteiger charge is 2.23. The second-order valence-electron chi connectivity index (χ2n) is 5.46. The third-order valence-corrected chi connectivity index (χ3v) is 4.63. The number of sulfone groups is 1. The van der Waals surface area contributed by atoms with Gasteiger partial charge >= 0.3 is 0 Å². The Hall–Kier alpha value is -0.620. The van der Waals surface area contributed by atoms with Gasteiger partial charge in [-0.25, -0.2) is 8.42 Å². The molecule has 1 fully saturated rings. The van der Waals surface area contributed by atoms with Crippen LogP contribution in [0.2, 0.25) is 0 Å². The molecule has 1 unspecified atom stereocenters. The van der Waals surface area contributed by atoms with Gasteiger partial charge in [0.05, 0.1) is 5.75 Å². The first-order valence-electron chi connectivity index (χ1n) is 6.57. The van der Waals surface area contributed by atoms with Gasteiger partial charge in [0.25, 0.3) is 0 Å². The van der Waals surface area contributed by atoms with Crippen molar-refractivity contribution in [3.63, 3.8) is 0 Å². The number of rotatable bonds is 6. The van der Waals surface area contributed by atoms with Crippen molar-refractivity contribution in [3.05, 3.63) is 0 Å². The van der Waals surface area contributed by atoms with Crippen LogP contribution in [-0.2, 0) is 14.6 Å². The van der Waals surface area contributed by atoms with Gasteiger partial charge in [0, 0.05) is 6.54 Å². The van der Waals surface area contributed by atoms with Crippen molar-refractivity contribution >= 4 is 15.7 Å². The molecule has 0 bridgehead atoms. The third-order valence-electron chi connectivity index (χ3n) is 2.95. The average Bonchev–Trinajstić information content (AvgIpc) is 2.26. The highest BCUT2D eigenvalue weighted by Crippen LogP contribution is 2.12. The molecule has 18 heavy (non-hydrogen) atoms. The standard InChI is InChI=1S/C12H24N2O3S/c1-10(2)6-14-12(15)9-18(16,17)8-11-4-3-5-13-7-11/h10-11,13H,3-9H2,1-2H3,(H,14,15). The lowest BCUT2D eigenvalue weighted by Crippen LogP contribution is -2.38. The first-order chi connectivity index (χ1) is 8.39. The fraction of sp³-hybridized carbons (Fsp3) is 0.917. The predicted octanol–water partition coefficient (Wildman–Crippen LogP) is 0.173. The minimum Gasteiger partial charge on any atom is -0.355 e. The van der Waals surface area contributed by atoms with Crippen LogP contribution in [0.25, 0.3) is 0 Å². The van der Waals surface area contributed by atoms with E-state index in [0.717, 1.165) is 25.9 Å². The molecule has 1 saturated heterocycles. The average molecular weight is 276 g/mol. The van der Waals surface area contributed by atoms with Crippen LogP contribution in [0.15, 0.2) is 0 Å². The van der Waals surface area contributed by atoms with Crippen molar-refractivity contribution in [1.82, 2.24) is 10.6 Å². The second kappa shape index (κ2) is 7.09. The summed E-state index contributed by atoms with van der Waals surface area (Å²) in [5, 5.41) is 5.83. The number of hydrogen-bond acceptors (Lipinski definition) is 4. The van der Waals surface area contributed by atoms with Crippen molar-refractivity contribution in [2.24, 2.45) is 11.8 Å². The Morgan fingerprint density at radius 1 is 1.44 bits per heavy atom. The molecule has 0 aromatic rings. The predicted molar refractivity (Wildman–Crippen MR) is 72.1 cm³/mol. The fourth-order valence-corrected chi connectivity index (χ4v) is 3.68. The summed E-state index contributed by atoms with van der Waals surface area (Å²) < 4.78 is 23.7. The Balaban J connectivity index is 2.36. The van der Waals surface area contributed by atoms with Crippen molar-refractivity contribution in [2.45, 2.75) is 26.7 Å².